The molecule has 0 bridgehead atoms. The predicted octanol–water partition coefficient (Wildman–Crippen LogP) is 3.47. The molecular weight excluding hydrogens is 308 g/mol. The van der Waals surface area contributed by atoms with Crippen LogP contribution in [0.5, 0.6) is 0 Å². The number of fused-ring (bicyclic) bond motifs is 1. The number of aromatic nitrogens is 3. The SMILES string of the molecule is CC(C)n1cnnc1S[C@@H](C)C(=O)Nc1ccc2c(c1)CCC2. The normalized spacial score (nSPS) is 14.8. The zero-order valence-corrected chi connectivity index (χ0v) is 14.6. The Morgan fingerprint density at radius 2 is 2.04 bits per heavy atom. The minimum atomic E-state index is -0.232. The highest BCUT2D eigenvalue weighted by atomic mass is 32.2. The van der Waals surface area contributed by atoms with E-state index in [-0.39, 0.29) is 17.2 Å². The maximum atomic E-state index is 12.4. The molecule has 3 rings (SSSR count). The molecule has 0 aliphatic heterocycles. The molecule has 1 aromatic heterocycles. The summed E-state index contributed by atoms with van der Waals surface area (Å²) in [6, 6.07) is 6.51. The number of hydrogen-bond acceptors (Lipinski definition) is 4. The van der Waals surface area contributed by atoms with Crippen LogP contribution in [0.2, 0.25) is 0 Å². The number of thioether (sulfide) groups is 1. The molecular formula is C17H22N4OS. The van der Waals surface area contributed by atoms with Crippen molar-refractivity contribution in [1.29, 1.82) is 0 Å². The number of hydrogen-bond donors (Lipinski definition) is 1. The highest BCUT2D eigenvalue weighted by molar-refractivity contribution is 8.00. The minimum absolute atomic E-state index is 0.00810. The van der Waals surface area contributed by atoms with Crippen molar-refractivity contribution in [2.75, 3.05) is 5.32 Å². The van der Waals surface area contributed by atoms with Crippen LogP contribution in [0.4, 0.5) is 5.69 Å². The van der Waals surface area contributed by atoms with E-state index in [1.807, 2.05) is 17.6 Å². The summed E-state index contributed by atoms with van der Waals surface area (Å²) in [5.74, 6) is -0.00810. The summed E-state index contributed by atoms with van der Waals surface area (Å²) in [7, 11) is 0. The van der Waals surface area contributed by atoms with Crippen molar-refractivity contribution >= 4 is 23.4 Å². The van der Waals surface area contributed by atoms with Crippen LogP contribution in [0.3, 0.4) is 0 Å². The number of amides is 1. The van der Waals surface area contributed by atoms with Crippen molar-refractivity contribution in [3.8, 4) is 0 Å². The van der Waals surface area contributed by atoms with Gasteiger partial charge in [0.2, 0.25) is 5.91 Å². The average Bonchev–Trinajstić information content (AvgIpc) is 3.15. The third-order valence-corrected chi connectivity index (χ3v) is 5.18. The zero-order valence-electron chi connectivity index (χ0n) is 13.7. The second-order valence-electron chi connectivity index (χ2n) is 6.20. The molecule has 0 saturated heterocycles. The van der Waals surface area contributed by atoms with Gasteiger partial charge >= 0.3 is 0 Å². The monoisotopic (exact) mass is 330 g/mol. The predicted molar refractivity (Wildman–Crippen MR) is 92.8 cm³/mol. The second kappa shape index (κ2) is 6.74. The van der Waals surface area contributed by atoms with Gasteiger partial charge in [-0.2, -0.15) is 0 Å². The fraction of sp³-hybridized carbons (Fsp3) is 0.471. The topological polar surface area (TPSA) is 59.8 Å². The van der Waals surface area contributed by atoms with E-state index in [0.29, 0.717) is 0 Å². The smallest absolute Gasteiger partial charge is 0.237 e. The number of anilines is 1. The van der Waals surface area contributed by atoms with E-state index in [4.69, 9.17) is 0 Å². The first kappa shape index (κ1) is 16.1. The molecule has 1 N–H and O–H groups in total. The lowest BCUT2D eigenvalue weighted by Gasteiger charge is -2.14. The van der Waals surface area contributed by atoms with Crippen LogP contribution >= 0.6 is 11.8 Å². The number of rotatable bonds is 5. The summed E-state index contributed by atoms with van der Waals surface area (Å²) in [6.07, 6.45) is 5.18. The van der Waals surface area contributed by atoms with Gasteiger partial charge in [-0.05, 0) is 63.3 Å². The van der Waals surface area contributed by atoms with Crippen LogP contribution in [0.25, 0.3) is 0 Å². The molecule has 0 saturated carbocycles. The molecule has 0 unspecified atom stereocenters. The van der Waals surface area contributed by atoms with Gasteiger partial charge in [0.25, 0.3) is 0 Å². The van der Waals surface area contributed by atoms with Crippen LogP contribution in [0.15, 0.2) is 29.7 Å². The van der Waals surface area contributed by atoms with Crippen LogP contribution in [0, 0.1) is 0 Å². The summed E-state index contributed by atoms with van der Waals surface area (Å²) < 4.78 is 1.98. The first-order valence-corrected chi connectivity index (χ1v) is 8.91. The minimum Gasteiger partial charge on any atom is -0.325 e. The van der Waals surface area contributed by atoms with Crippen LogP contribution in [0.1, 0.15) is 44.4 Å². The zero-order chi connectivity index (χ0) is 16.4. The van der Waals surface area contributed by atoms with E-state index >= 15 is 0 Å². The van der Waals surface area contributed by atoms with Gasteiger partial charge in [-0.3, -0.25) is 4.79 Å². The van der Waals surface area contributed by atoms with E-state index in [9.17, 15) is 4.79 Å². The fourth-order valence-corrected chi connectivity index (χ4v) is 3.73. The molecule has 0 spiro atoms. The molecule has 23 heavy (non-hydrogen) atoms. The van der Waals surface area contributed by atoms with Crippen LogP contribution in [-0.4, -0.2) is 25.9 Å². The molecule has 2 aromatic rings. The quantitative estimate of drug-likeness (QED) is 0.853. The Kier molecular flexibility index (Phi) is 4.71. The molecule has 6 heteroatoms. The van der Waals surface area contributed by atoms with Gasteiger partial charge in [0.15, 0.2) is 5.16 Å². The van der Waals surface area contributed by atoms with E-state index in [1.54, 1.807) is 6.33 Å². The largest absolute Gasteiger partial charge is 0.325 e. The highest BCUT2D eigenvalue weighted by Gasteiger charge is 2.19. The maximum absolute atomic E-state index is 12.4. The number of aryl methyl sites for hydroxylation is 2. The molecule has 122 valence electrons. The van der Waals surface area contributed by atoms with Gasteiger partial charge in [-0.15, -0.1) is 10.2 Å². The summed E-state index contributed by atoms with van der Waals surface area (Å²) in [6.45, 7) is 6.04. The number of nitrogens with zero attached hydrogens (tertiary/aromatic N) is 3. The third kappa shape index (κ3) is 3.58. The molecule has 1 heterocycles. The van der Waals surface area contributed by atoms with Crippen LogP contribution in [-0.2, 0) is 17.6 Å². The Morgan fingerprint density at radius 1 is 1.26 bits per heavy atom. The third-order valence-electron chi connectivity index (χ3n) is 4.11. The highest BCUT2D eigenvalue weighted by Crippen LogP contribution is 2.27. The summed E-state index contributed by atoms with van der Waals surface area (Å²) in [5, 5.41) is 11.6. The van der Waals surface area contributed by atoms with Gasteiger partial charge in [0.1, 0.15) is 6.33 Å². The van der Waals surface area contributed by atoms with Gasteiger partial charge in [0.05, 0.1) is 5.25 Å². The van der Waals surface area contributed by atoms with E-state index in [0.717, 1.165) is 23.7 Å². The van der Waals surface area contributed by atoms with Gasteiger partial charge in [-0.1, -0.05) is 17.8 Å². The van der Waals surface area contributed by atoms with Crippen molar-refractivity contribution in [3.05, 3.63) is 35.7 Å². The number of carbonyl (C=O) groups is 1. The first-order chi connectivity index (χ1) is 11.0. The Balaban J connectivity index is 1.64. The lowest BCUT2D eigenvalue weighted by atomic mass is 10.1. The molecule has 1 aliphatic carbocycles. The Morgan fingerprint density at radius 3 is 2.83 bits per heavy atom. The molecule has 5 nitrogen and oxygen atoms in total. The van der Waals surface area contributed by atoms with Crippen LogP contribution < -0.4 is 5.32 Å². The summed E-state index contributed by atoms with van der Waals surface area (Å²) in [4.78, 5) is 12.4. The van der Waals surface area contributed by atoms with Gasteiger partial charge in [0, 0.05) is 11.7 Å². The Bertz CT molecular complexity index is 710. The summed E-state index contributed by atoms with van der Waals surface area (Å²) >= 11 is 1.44. The van der Waals surface area contributed by atoms with Crippen molar-refractivity contribution in [1.82, 2.24) is 14.8 Å². The lowest BCUT2D eigenvalue weighted by Crippen LogP contribution is -2.23. The van der Waals surface area contributed by atoms with Crippen molar-refractivity contribution in [2.45, 2.75) is 56.5 Å². The standard InChI is InChI=1S/C17H22N4OS/c1-11(2)21-10-18-20-17(21)23-12(3)16(22)19-15-8-7-13-5-4-6-14(13)9-15/h7-12H,4-6H2,1-3H3,(H,19,22)/t12-/m0/s1. The first-order valence-electron chi connectivity index (χ1n) is 8.03. The van der Waals surface area contributed by atoms with Gasteiger partial charge < -0.3 is 9.88 Å². The lowest BCUT2D eigenvalue weighted by molar-refractivity contribution is -0.115. The van der Waals surface area contributed by atoms with Crippen molar-refractivity contribution < 1.29 is 4.79 Å². The number of carbonyl (C=O) groups excluding carboxylic acids is 1. The Labute approximate surface area is 140 Å². The molecule has 1 amide bonds. The van der Waals surface area contributed by atoms with E-state index < -0.39 is 0 Å². The van der Waals surface area contributed by atoms with E-state index in [2.05, 4.69) is 41.5 Å². The van der Waals surface area contributed by atoms with E-state index in [1.165, 1.54) is 29.3 Å². The van der Waals surface area contributed by atoms with Crippen molar-refractivity contribution in [3.63, 3.8) is 0 Å². The summed E-state index contributed by atoms with van der Waals surface area (Å²) in [5.41, 5.74) is 3.66. The number of nitrogens with one attached hydrogen (secondary N) is 1. The molecule has 1 aliphatic rings. The molecule has 1 atom stereocenters. The molecule has 0 fully saturated rings. The average molecular weight is 330 g/mol. The Hall–Kier alpha value is -1.82. The maximum Gasteiger partial charge on any atom is 0.237 e. The fourth-order valence-electron chi connectivity index (χ4n) is 2.78. The van der Waals surface area contributed by atoms with Crippen molar-refractivity contribution in [2.24, 2.45) is 0 Å². The molecule has 1 aromatic carbocycles. The number of benzene rings is 1. The van der Waals surface area contributed by atoms with Gasteiger partial charge in [-0.25, -0.2) is 0 Å². The molecule has 0 radical (unpaired) electrons. The second-order valence-corrected chi connectivity index (χ2v) is 7.51.